The summed E-state index contributed by atoms with van der Waals surface area (Å²) in [5, 5.41) is 18.6. The second-order valence-electron chi connectivity index (χ2n) is 6.94. The molecule has 0 spiro atoms. The Balaban J connectivity index is 1.80. The number of benzene rings is 1. The quantitative estimate of drug-likeness (QED) is 0.568. The maximum atomic E-state index is 12.7. The van der Waals surface area contributed by atoms with Gasteiger partial charge in [-0.25, -0.2) is 0 Å². The zero-order chi connectivity index (χ0) is 19.6. The molecule has 1 aromatic carbocycles. The molecule has 0 bridgehead atoms. The maximum absolute atomic E-state index is 12.7. The second kappa shape index (κ2) is 7.25. The summed E-state index contributed by atoms with van der Waals surface area (Å²) in [5.41, 5.74) is 1.34. The molecule has 27 heavy (non-hydrogen) atoms. The first-order valence-corrected chi connectivity index (χ1v) is 8.55. The van der Waals surface area contributed by atoms with E-state index < -0.39 is 10.7 Å². The minimum atomic E-state index is -0.837. The van der Waals surface area contributed by atoms with Crippen LogP contribution in [0.15, 0.2) is 24.3 Å². The number of hydrogen-bond acceptors (Lipinski definition) is 7. The van der Waals surface area contributed by atoms with Gasteiger partial charge in [0.25, 0.3) is 5.09 Å². The largest absolute Gasteiger partial charge is 0.483 e. The monoisotopic (exact) mass is 372 g/mol. The molecule has 3 rings (SSSR count). The van der Waals surface area contributed by atoms with E-state index in [-0.39, 0.29) is 19.1 Å². The molecule has 2 aliphatic heterocycles. The Morgan fingerprint density at radius 2 is 2.19 bits per heavy atom. The SMILES string of the molecule is CC1(C)C=C(N2CCN(CCO[N+](=O)[O-])CC2=O)c2cc(C#N)ccc2O1. The summed E-state index contributed by atoms with van der Waals surface area (Å²) in [6.45, 7) is 5.20. The standard InChI is InChI=1S/C18H20N4O5/c1-18(2)10-15(14-9-13(11-19)3-4-16(14)27-18)21-6-5-20(12-17(21)23)7-8-26-22(24)25/h3-4,9-10H,5-8,12H2,1-2H3. The molecule has 0 saturated carbocycles. The lowest BCUT2D eigenvalue weighted by molar-refractivity contribution is -0.757. The van der Waals surface area contributed by atoms with Gasteiger partial charge in [-0.2, -0.15) is 5.26 Å². The first-order chi connectivity index (χ1) is 12.8. The van der Waals surface area contributed by atoms with Crippen molar-refractivity contribution >= 4 is 11.6 Å². The number of rotatable bonds is 5. The van der Waals surface area contributed by atoms with Gasteiger partial charge in [0, 0.05) is 25.2 Å². The number of piperazine rings is 1. The molecule has 1 fully saturated rings. The zero-order valence-corrected chi connectivity index (χ0v) is 15.2. The van der Waals surface area contributed by atoms with E-state index in [1.54, 1.807) is 23.1 Å². The van der Waals surface area contributed by atoms with E-state index in [9.17, 15) is 20.2 Å². The molecule has 0 aliphatic carbocycles. The van der Waals surface area contributed by atoms with Gasteiger partial charge in [-0.15, -0.1) is 10.1 Å². The Morgan fingerprint density at radius 1 is 1.41 bits per heavy atom. The van der Waals surface area contributed by atoms with E-state index in [1.165, 1.54) is 0 Å². The first-order valence-electron chi connectivity index (χ1n) is 8.55. The van der Waals surface area contributed by atoms with Crippen molar-refractivity contribution in [3.8, 4) is 11.8 Å². The summed E-state index contributed by atoms with van der Waals surface area (Å²) >= 11 is 0. The van der Waals surface area contributed by atoms with Gasteiger partial charge in [0.15, 0.2) is 0 Å². The van der Waals surface area contributed by atoms with Gasteiger partial charge in [0.05, 0.1) is 23.9 Å². The molecule has 9 nitrogen and oxygen atoms in total. The molecule has 0 N–H and O–H groups in total. The highest BCUT2D eigenvalue weighted by Gasteiger charge is 2.34. The summed E-state index contributed by atoms with van der Waals surface area (Å²) in [5.74, 6) is 0.519. The van der Waals surface area contributed by atoms with Crippen LogP contribution in [0.1, 0.15) is 25.0 Å². The molecule has 1 saturated heterocycles. The van der Waals surface area contributed by atoms with Gasteiger partial charge < -0.3 is 14.5 Å². The number of nitriles is 1. The fourth-order valence-electron chi connectivity index (χ4n) is 3.24. The van der Waals surface area contributed by atoms with Crippen LogP contribution < -0.4 is 4.74 Å². The Bertz CT molecular complexity index is 843. The minimum absolute atomic E-state index is 0.0712. The van der Waals surface area contributed by atoms with E-state index in [2.05, 4.69) is 10.9 Å². The summed E-state index contributed by atoms with van der Waals surface area (Å²) in [6, 6.07) is 7.27. The third-order valence-electron chi connectivity index (χ3n) is 4.44. The molecule has 0 radical (unpaired) electrons. The fourth-order valence-corrected chi connectivity index (χ4v) is 3.24. The number of nitrogens with zero attached hydrogens (tertiary/aromatic N) is 4. The van der Waals surface area contributed by atoms with Crippen molar-refractivity contribution in [1.29, 1.82) is 5.26 Å². The highest BCUT2D eigenvalue weighted by Crippen LogP contribution is 2.38. The molecular formula is C18H20N4O5. The molecular weight excluding hydrogens is 352 g/mol. The lowest BCUT2D eigenvalue weighted by Gasteiger charge is -2.39. The van der Waals surface area contributed by atoms with Gasteiger partial charge in [-0.05, 0) is 38.1 Å². The summed E-state index contributed by atoms with van der Waals surface area (Å²) in [6.07, 6.45) is 1.89. The number of hydrogen-bond donors (Lipinski definition) is 0. The average molecular weight is 372 g/mol. The van der Waals surface area contributed by atoms with Gasteiger partial charge in [-0.3, -0.25) is 9.69 Å². The predicted molar refractivity (Wildman–Crippen MR) is 94.9 cm³/mol. The van der Waals surface area contributed by atoms with Crippen molar-refractivity contribution in [2.24, 2.45) is 0 Å². The third-order valence-corrected chi connectivity index (χ3v) is 4.44. The maximum Gasteiger partial charge on any atom is 0.294 e. The van der Waals surface area contributed by atoms with E-state index in [0.717, 1.165) is 5.70 Å². The fraction of sp³-hybridized carbons (Fsp3) is 0.444. The topological polar surface area (TPSA) is 109 Å². The number of fused-ring (bicyclic) bond motifs is 1. The molecule has 1 amide bonds. The summed E-state index contributed by atoms with van der Waals surface area (Å²) < 4.78 is 5.96. The third kappa shape index (κ3) is 4.17. The summed E-state index contributed by atoms with van der Waals surface area (Å²) in [7, 11) is 0. The lowest BCUT2D eigenvalue weighted by atomic mass is 9.96. The average Bonchev–Trinajstić information content (AvgIpc) is 2.60. The zero-order valence-electron chi connectivity index (χ0n) is 15.2. The Morgan fingerprint density at radius 3 is 2.85 bits per heavy atom. The highest BCUT2D eigenvalue weighted by atomic mass is 16.9. The van der Waals surface area contributed by atoms with Crippen molar-refractivity contribution < 1.29 is 19.5 Å². The van der Waals surface area contributed by atoms with Crippen LogP contribution in [-0.4, -0.2) is 59.2 Å². The molecule has 9 heteroatoms. The second-order valence-corrected chi connectivity index (χ2v) is 6.94. The lowest BCUT2D eigenvalue weighted by Crippen LogP contribution is -2.51. The highest BCUT2D eigenvalue weighted by molar-refractivity contribution is 5.90. The van der Waals surface area contributed by atoms with Crippen molar-refractivity contribution in [3.63, 3.8) is 0 Å². The van der Waals surface area contributed by atoms with Crippen molar-refractivity contribution in [2.45, 2.75) is 19.4 Å². The number of ether oxygens (including phenoxy) is 1. The molecule has 142 valence electrons. The molecule has 0 aromatic heterocycles. The Hall–Kier alpha value is -3.12. The van der Waals surface area contributed by atoms with Crippen LogP contribution in [0.25, 0.3) is 5.70 Å². The van der Waals surface area contributed by atoms with E-state index >= 15 is 0 Å². The van der Waals surface area contributed by atoms with Crippen molar-refractivity contribution in [3.05, 3.63) is 45.5 Å². The molecule has 1 aromatic rings. The summed E-state index contributed by atoms with van der Waals surface area (Å²) in [4.78, 5) is 30.8. The smallest absolute Gasteiger partial charge is 0.294 e. The van der Waals surface area contributed by atoms with Crippen LogP contribution in [0.5, 0.6) is 5.75 Å². The minimum Gasteiger partial charge on any atom is -0.483 e. The van der Waals surface area contributed by atoms with E-state index in [1.807, 2.05) is 24.8 Å². The van der Waals surface area contributed by atoms with Gasteiger partial charge >= 0.3 is 0 Å². The van der Waals surface area contributed by atoms with Gasteiger partial charge in [-0.1, -0.05) is 0 Å². The van der Waals surface area contributed by atoms with Crippen molar-refractivity contribution in [2.75, 3.05) is 32.8 Å². The number of carbonyl (C=O) groups excluding carboxylic acids is 1. The van der Waals surface area contributed by atoms with Gasteiger partial charge in [0.2, 0.25) is 5.91 Å². The van der Waals surface area contributed by atoms with Crippen LogP contribution >= 0.6 is 0 Å². The number of amides is 1. The van der Waals surface area contributed by atoms with E-state index in [0.29, 0.717) is 36.5 Å². The molecule has 2 aliphatic rings. The van der Waals surface area contributed by atoms with Crippen LogP contribution in [0, 0.1) is 21.4 Å². The molecule has 0 atom stereocenters. The Labute approximate surface area is 156 Å². The van der Waals surface area contributed by atoms with Crippen LogP contribution in [0.3, 0.4) is 0 Å². The van der Waals surface area contributed by atoms with Crippen molar-refractivity contribution in [1.82, 2.24) is 9.80 Å². The number of carbonyl (C=O) groups is 1. The van der Waals surface area contributed by atoms with E-state index in [4.69, 9.17) is 4.74 Å². The van der Waals surface area contributed by atoms with Crippen LogP contribution in [0.2, 0.25) is 0 Å². The normalized spacial score (nSPS) is 18.8. The first kappa shape index (κ1) is 18.7. The molecule has 0 unspecified atom stereocenters. The molecule has 2 heterocycles. The predicted octanol–water partition coefficient (Wildman–Crippen LogP) is 1.42. The van der Waals surface area contributed by atoms with Crippen LogP contribution in [0.4, 0.5) is 0 Å². The van der Waals surface area contributed by atoms with Gasteiger partial charge in [0.1, 0.15) is 18.0 Å². The van der Waals surface area contributed by atoms with Crippen LogP contribution in [-0.2, 0) is 9.63 Å². The Kier molecular flexibility index (Phi) is 5.01.